The van der Waals surface area contributed by atoms with Gasteiger partial charge in [-0.25, -0.2) is 0 Å². The highest BCUT2D eigenvalue weighted by molar-refractivity contribution is 7.98. The number of aromatic nitrogens is 1. The summed E-state index contributed by atoms with van der Waals surface area (Å²) in [6.45, 7) is 0.863. The van der Waals surface area contributed by atoms with Crippen LogP contribution in [-0.2, 0) is 5.75 Å². The lowest BCUT2D eigenvalue weighted by Gasteiger charge is -2.05. The molecule has 0 atom stereocenters. The highest BCUT2D eigenvalue weighted by Crippen LogP contribution is 2.08. The molecule has 1 aromatic heterocycles. The molecule has 2 N–H and O–H groups in total. The van der Waals surface area contributed by atoms with Crippen molar-refractivity contribution in [2.75, 3.05) is 19.3 Å². The minimum absolute atomic E-state index is 0.687. The largest absolute Gasteiger partial charge is 0.366 e. The second-order valence-electron chi connectivity index (χ2n) is 2.55. The molecule has 0 aliphatic carbocycles. The van der Waals surface area contributed by atoms with Gasteiger partial charge < -0.3 is 15.2 Å². The van der Waals surface area contributed by atoms with Gasteiger partial charge >= 0.3 is 0 Å². The molecule has 0 bridgehead atoms. The summed E-state index contributed by atoms with van der Waals surface area (Å²) in [6.07, 6.45) is 1.59. The fraction of sp³-hybridized carbons (Fsp3) is 0.500. The molecule has 78 valence electrons. The standard InChI is InChI=1S/C8H13N3OS2/c1-9-8(13)10-3-5-14-6-7-2-4-12-11-7/h2,4H,3,5-6H2,1H3,(H2,9,10,13). The second kappa shape index (κ2) is 6.67. The van der Waals surface area contributed by atoms with Crippen molar-refractivity contribution in [2.24, 2.45) is 0 Å². The summed E-state index contributed by atoms with van der Waals surface area (Å²) in [4.78, 5) is 0. The Kier molecular flexibility index (Phi) is 5.39. The number of hydrogen-bond acceptors (Lipinski definition) is 4. The SMILES string of the molecule is CNC(=S)NCCSCc1ccon1. The first kappa shape index (κ1) is 11.3. The zero-order valence-electron chi connectivity index (χ0n) is 7.95. The van der Waals surface area contributed by atoms with Crippen molar-refractivity contribution in [3.63, 3.8) is 0 Å². The Morgan fingerprint density at radius 2 is 2.57 bits per heavy atom. The highest BCUT2D eigenvalue weighted by Gasteiger charge is 1.96. The lowest BCUT2D eigenvalue weighted by Crippen LogP contribution is -2.33. The third-order valence-electron chi connectivity index (χ3n) is 1.50. The molecule has 1 heterocycles. The average molecular weight is 231 g/mol. The van der Waals surface area contributed by atoms with Gasteiger partial charge in [-0.2, -0.15) is 11.8 Å². The minimum atomic E-state index is 0.687. The van der Waals surface area contributed by atoms with E-state index in [2.05, 4.69) is 15.8 Å². The fourth-order valence-corrected chi connectivity index (χ4v) is 1.66. The Balaban J connectivity index is 1.97. The number of hydrogen-bond donors (Lipinski definition) is 2. The summed E-state index contributed by atoms with van der Waals surface area (Å²) in [5.74, 6) is 1.87. The first-order valence-corrected chi connectivity index (χ1v) is 5.82. The summed E-state index contributed by atoms with van der Waals surface area (Å²) in [7, 11) is 1.80. The monoisotopic (exact) mass is 231 g/mol. The number of nitrogens with zero attached hydrogens (tertiary/aromatic N) is 1. The molecule has 4 nitrogen and oxygen atoms in total. The number of thioether (sulfide) groups is 1. The van der Waals surface area contributed by atoms with Gasteiger partial charge in [0.25, 0.3) is 0 Å². The molecule has 0 amide bonds. The quantitative estimate of drug-likeness (QED) is 0.582. The van der Waals surface area contributed by atoms with Gasteiger partial charge in [0.15, 0.2) is 5.11 Å². The second-order valence-corrected chi connectivity index (χ2v) is 4.06. The Bertz CT molecular complexity index is 264. The van der Waals surface area contributed by atoms with Crippen molar-refractivity contribution in [2.45, 2.75) is 5.75 Å². The topological polar surface area (TPSA) is 50.1 Å². The Morgan fingerprint density at radius 3 is 3.21 bits per heavy atom. The van der Waals surface area contributed by atoms with Crippen LogP contribution in [0.5, 0.6) is 0 Å². The molecule has 0 spiro atoms. The van der Waals surface area contributed by atoms with E-state index in [1.54, 1.807) is 25.1 Å². The Labute approximate surface area is 92.8 Å². The van der Waals surface area contributed by atoms with Crippen LogP contribution >= 0.6 is 24.0 Å². The van der Waals surface area contributed by atoms with E-state index in [1.807, 2.05) is 6.07 Å². The molecule has 1 rings (SSSR count). The van der Waals surface area contributed by atoms with Gasteiger partial charge in [0.1, 0.15) is 6.26 Å². The average Bonchev–Trinajstić information content (AvgIpc) is 2.69. The number of nitrogens with one attached hydrogen (secondary N) is 2. The van der Waals surface area contributed by atoms with Gasteiger partial charge in [0.2, 0.25) is 0 Å². The number of thiocarbonyl (C=S) groups is 1. The maximum absolute atomic E-state index is 4.93. The first-order valence-electron chi connectivity index (χ1n) is 4.25. The van der Waals surface area contributed by atoms with Crippen LogP contribution in [0.3, 0.4) is 0 Å². The van der Waals surface area contributed by atoms with Crippen LogP contribution in [0.15, 0.2) is 16.9 Å². The van der Waals surface area contributed by atoms with Gasteiger partial charge in [0, 0.05) is 31.2 Å². The molecule has 0 aliphatic rings. The van der Waals surface area contributed by atoms with E-state index < -0.39 is 0 Å². The maximum Gasteiger partial charge on any atom is 0.166 e. The predicted molar refractivity (Wildman–Crippen MR) is 62.3 cm³/mol. The number of rotatable bonds is 5. The molecule has 0 saturated carbocycles. The van der Waals surface area contributed by atoms with Crippen molar-refractivity contribution >= 4 is 29.1 Å². The molecular weight excluding hydrogens is 218 g/mol. The summed E-state index contributed by atoms with van der Waals surface area (Å²) >= 11 is 6.72. The molecule has 0 fully saturated rings. The van der Waals surface area contributed by atoms with Gasteiger partial charge in [-0.15, -0.1) is 0 Å². The van der Waals surface area contributed by atoms with Crippen LogP contribution in [0.1, 0.15) is 5.69 Å². The van der Waals surface area contributed by atoms with E-state index in [-0.39, 0.29) is 0 Å². The van der Waals surface area contributed by atoms with Crippen LogP contribution in [-0.4, -0.2) is 29.6 Å². The molecule has 1 aromatic rings. The normalized spacial score (nSPS) is 9.79. The van der Waals surface area contributed by atoms with E-state index in [1.165, 1.54) is 0 Å². The Morgan fingerprint density at radius 1 is 1.71 bits per heavy atom. The van der Waals surface area contributed by atoms with E-state index in [0.717, 1.165) is 23.7 Å². The summed E-state index contributed by atoms with van der Waals surface area (Å²) in [5, 5.41) is 10.4. The smallest absolute Gasteiger partial charge is 0.166 e. The van der Waals surface area contributed by atoms with Crippen LogP contribution in [0, 0.1) is 0 Å². The van der Waals surface area contributed by atoms with Crippen molar-refractivity contribution < 1.29 is 4.52 Å². The van der Waals surface area contributed by atoms with Gasteiger partial charge in [-0.1, -0.05) is 5.16 Å². The van der Waals surface area contributed by atoms with Gasteiger partial charge in [-0.05, 0) is 12.2 Å². The molecule has 0 aromatic carbocycles. The summed E-state index contributed by atoms with van der Waals surface area (Å²) < 4.78 is 4.72. The third-order valence-corrected chi connectivity index (χ3v) is 2.84. The van der Waals surface area contributed by atoms with Crippen LogP contribution < -0.4 is 10.6 Å². The zero-order chi connectivity index (χ0) is 10.2. The van der Waals surface area contributed by atoms with Crippen molar-refractivity contribution in [3.05, 3.63) is 18.0 Å². The van der Waals surface area contributed by atoms with Crippen molar-refractivity contribution in [1.82, 2.24) is 15.8 Å². The van der Waals surface area contributed by atoms with Gasteiger partial charge in [-0.3, -0.25) is 0 Å². The predicted octanol–water partition coefficient (Wildman–Crippen LogP) is 1.00. The van der Waals surface area contributed by atoms with E-state index in [0.29, 0.717) is 5.11 Å². The zero-order valence-corrected chi connectivity index (χ0v) is 9.58. The van der Waals surface area contributed by atoms with Crippen molar-refractivity contribution in [1.29, 1.82) is 0 Å². The summed E-state index contributed by atoms with van der Waals surface area (Å²) in [5.41, 5.74) is 0.978. The van der Waals surface area contributed by atoms with Crippen LogP contribution in [0.2, 0.25) is 0 Å². The highest BCUT2D eigenvalue weighted by atomic mass is 32.2. The maximum atomic E-state index is 4.93. The first-order chi connectivity index (χ1) is 6.83. The van der Waals surface area contributed by atoms with E-state index >= 15 is 0 Å². The molecular formula is C8H13N3OS2. The van der Waals surface area contributed by atoms with E-state index in [9.17, 15) is 0 Å². The third kappa shape index (κ3) is 4.48. The fourth-order valence-electron chi connectivity index (χ4n) is 0.814. The molecule has 0 aliphatic heterocycles. The Hall–Kier alpha value is -0.750. The lowest BCUT2D eigenvalue weighted by atomic mass is 10.5. The van der Waals surface area contributed by atoms with E-state index in [4.69, 9.17) is 16.7 Å². The van der Waals surface area contributed by atoms with Crippen molar-refractivity contribution in [3.8, 4) is 0 Å². The molecule has 0 unspecified atom stereocenters. The van der Waals surface area contributed by atoms with Crippen LogP contribution in [0.4, 0.5) is 0 Å². The molecule has 14 heavy (non-hydrogen) atoms. The minimum Gasteiger partial charge on any atom is -0.366 e. The molecule has 0 radical (unpaired) electrons. The van der Waals surface area contributed by atoms with Gasteiger partial charge in [0.05, 0.1) is 5.69 Å². The molecule has 0 saturated heterocycles. The molecule has 6 heteroatoms. The van der Waals surface area contributed by atoms with Crippen LogP contribution in [0.25, 0.3) is 0 Å². The summed E-state index contributed by atoms with van der Waals surface area (Å²) in [6, 6.07) is 1.87. The lowest BCUT2D eigenvalue weighted by molar-refractivity contribution is 0.414.